The molecule has 0 bridgehead atoms. The first kappa shape index (κ1) is 20.8. The maximum Gasteiger partial charge on any atom is 0.335 e. The Bertz CT molecular complexity index is 1250. The zero-order valence-electron chi connectivity index (χ0n) is 18.0. The first-order valence-electron chi connectivity index (χ1n) is 10.8. The van der Waals surface area contributed by atoms with E-state index in [2.05, 4.69) is 26.0 Å². The Morgan fingerprint density at radius 3 is 2.53 bits per heavy atom. The van der Waals surface area contributed by atoms with Crippen molar-refractivity contribution in [1.82, 2.24) is 0 Å². The van der Waals surface area contributed by atoms with Gasteiger partial charge in [0.1, 0.15) is 0 Å². The Kier molecular flexibility index (Phi) is 4.68. The van der Waals surface area contributed by atoms with Gasteiger partial charge < -0.3 is 10.0 Å². The molecule has 0 unspecified atom stereocenters. The van der Waals surface area contributed by atoms with Crippen molar-refractivity contribution >= 4 is 29.2 Å². The van der Waals surface area contributed by atoms with E-state index < -0.39 is 11.4 Å². The lowest BCUT2D eigenvalue weighted by atomic mass is 9.75. The molecule has 3 aromatic rings. The maximum atomic E-state index is 14.1. The summed E-state index contributed by atoms with van der Waals surface area (Å²) in [4.78, 5) is 27.4. The number of hydrogen-bond acceptors (Lipinski definition) is 2. The molecular formula is C27H24ClNO3. The Balaban J connectivity index is 1.61. The van der Waals surface area contributed by atoms with E-state index in [4.69, 9.17) is 11.6 Å². The largest absolute Gasteiger partial charge is 0.478 e. The molecule has 4 nitrogen and oxygen atoms in total. The lowest BCUT2D eigenvalue weighted by molar-refractivity contribution is -0.121. The van der Waals surface area contributed by atoms with Crippen molar-refractivity contribution in [1.29, 1.82) is 0 Å². The van der Waals surface area contributed by atoms with Gasteiger partial charge in [-0.05, 0) is 59.4 Å². The first-order valence-corrected chi connectivity index (χ1v) is 11.2. The number of carbonyl (C=O) groups is 2. The van der Waals surface area contributed by atoms with Gasteiger partial charge in [0.15, 0.2) is 0 Å². The van der Waals surface area contributed by atoms with Gasteiger partial charge >= 0.3 is 5.97 Å². The number of carbonyl (C=O) groups excluding carboxylic acids is 1. The minimum absolute atomic E-state index is 0.0769. The average Bonchev–Trinajstić information content (AvgIpc) is 3.45. The molecule has 3 aromatic carbocycles. The number of carboxylic acid groups (broad SMARTS) is 1. The molecule has 0 saturated heterocycles. The predicted octanol–water partition coefficient (Wildman–Crippen LogP) is 5.82. The summed E-state index contributed by atoms with van der Waals surface area (Å²) in [5, 5.41) is 10.0. The van der Waals surface area contributed by atoms with Gasteiger partial charge in [0.25, 0.3) is 0 Å². The second kappa shape index (κ2) is 7.21. The summed E-state index contributed by atoms with van der Waals surface area (Å²) in [5.41, 5.74) is 3.10. The van der Waals surface area contributed by atoms with E-state index in [1.165, 1.54) is 0 Å². The predicted molar refractivity (Wildman–Crippen MR) is 125 cm³/mol. The number of para-hydroxylation sites is 1. The molecule has 1 fully saturated rings. The zero-order valence-corrected chi connectivity index (χ0v) is 18.8. The molecule has 5 rings (SSSR count). The van der Waals surface area contributed by atoms with Crippen molar-refractivity contribution in [3.8, 4) is 0 Å². The molecule has 1 N–H and O–H groups in total. The summed E-state index contributed by atoms with van der Waals surface area (Å²) < 4.78 is 0. The second-order valence-corrected chi connectivity index (χ2v) is 9.57. The number of halogens is 1. The summed E-state index contributed by atoms with van der Waals surface area (Å²) in [6.45, 7) is 4.68. The van der Waals surface area contributed by atoms with E-state index in [9.17, 15) is 14.7 Å². The quantitative estimate of drug-likeness (QED) is 0.538. The van der Waals surface area contributed by atoms with Gasteiger partial charge in [-0.15, -0.1) is 0 Å². The molecular weight excluding hydrogens is 422 g/mol. The number of nitrogens with zero attached hydrogens (tertiary/aromatic N) is 1. The van der Waals surface area contributed by atoms with Crippen molar-refractivity contribution in [3.63, 3.8) is 0 Å². The highest BCUT2D eigenvalue weighted by Crippen LogP contribution is 2.73. The number of aromatic carboxylic acids is 1. The fourth-order valence-corrected chi connectivity index (χ4v) is 5.98. The average molecular weight is 446 g/mol. The third kappa shape index (κ3) is 2.75. The van der Waals surface area contributed by atoms with Crippen LogP contribution in [0.15, 0.2) is 72.8 Å². The van der Waals surface area contributed by atoms with E-state index in [1.807, 2.05) is 47.4 Å². The van der Waals surface area contributed by atoms with Crippen LogP contribution in [-0.4, -0.2) is 17.0 Å². The molecule has 2 atom stereocenters. The zero-order chi connectivity index (χ0) is 22.7. The van der Waals surface area contributed by atoms with Crippen LogP contribution in [0.4, 0.5) is 5.69 Å². The van der Waals surface area contributed by atoms with E-state index in [0.717, 1.165) is 28.8 Å². The van der Waals surface area contributed by atoms with Crippen LogP contribution in [0.2, 0.25) is 5.02 Å². The summed E-state index contributed by atoms with van der Waals surface area (Å²) in [6, 6.07) is 22.7. The maximum absolute atomic E-state index is 14.1. The summed E-state index contributed by atoms with van der Waals surface area (Å²) in [5.74, 6) is -0.667. The second-order valence-electron chi connectivity index (χ2n) is 9.13. The standard InChI is InChI=1S/C27H24ClNO3/c1-17(2)26(20-9-6-10-21(28)14-20)16-27(26)22-11-3-4-12-23(22)29(25(27)32)15-18-7-5-8-19(13-18)24(30)31/h3-14,17H,15-16H2,1-2H3,(H,30,31)/t26-,27-/m1/s1. The van der Waals surface area contributed by atoms with Crippen LogP contribution < -0.4 is 4.90 Å². The minimum atomic E-state index is -0.974. The summed E-state index contributed by atoms with van der Waals surface area (Å²) >= 11 is 6.35. The number of hydrogen-bond donors (Lipinski definition) is 1. The molecule has 5 heteroatoms. The van der Waals surface area contributed by atoms with Gasteiger partial charge in [-0.3, -0.25) is 4.79 Å². The van der Waals surface area contributed by atoms with Crippen LogP contribution in [0.5, 0.6) is 0 Å². The van der Waals surface area contributed by atoms with Crippen LogP contribution in [0.1, 0.15) is 47.3 Å². The van der Waals surface area contributed by atoms with E-state index in [1.54, 1.807) is 18.2 Å². The molecule has 1 spiro atoms. The molecule has 1 aliphatic carbocycles. The number of amides is 1. The Morgan fingerprint density at radius 1 is 1.06 bits per heavy atom. The molecule has 0 radical (unpaired) electrons. The molecule has 1 aliphatic heterocycles. The number of anilines is 1. The van der Waals surface area contributed by atoms with Gasteiger partial charge in [-0.1, -0.05) is 67.9 Å². The van der Waals surface area contributed by atoms with Crippen LogP contribution >= 0.6 is 11.6 Å². The summed E-state index contributed by atoms with van der Waals surface area (Å²) in [7, 11) is 0. The van der Waals surface area contributed by atoms with Crippen molar-refractivity contribution in [2.75, 3.05) is 4.90 Å². The monoisotopic (exact) mass is 445 g/mol. The van der Waals surface area contributed by atoms with E-state index in [-0.39, 0.29) is 22.8 Å². The lowest BCUT2D eigenvalue weighted by Gasteiger charge is -2.27. The van der Waals surface area contributed by atoms with Crippen molar-refractivity contribution in [2.45, 2.75) is 37.6 Å². The van der Waals surface area contributed by atoms with Gasteiger partial charge in [0.2, 0.25) is 5.91 Å². The number of fused-ring (bicyclic) bond motifs is 2. The fourth-order valence-electron chi connectivity index (χ4n) is 5.79. The topological polar surface area (TPSA) is 57.6 Å². The lowest BCUT2D eigenvalue weighted by Crippen LogP contribution is -2.38. The molecule has 1 saturated carbocycles. The van der Waals surface area contributed by atoms with E-state index >= 15 is 0 Å². The molecule has 162 valence electrons. The first-order chi connectivity index (χ1) is 15.3. The van der Waals surface area contributed by atoms with Crippen molar-refractivity contribution in [3.05, 3.63) is 100 Å². The normalized spacial score (nSPS) is 23.6. The van der Waals surface area contributed by atoms with Gasteiger partial charge in [0.05, 0.1) is 17.5 Å². The fraction of sp³-hybridized carbons (Fsp3) is 0.259. The Labute approximate surface area is 192 Å². The third-order valence-corrected chi connectivity index (χ3v) is 7.52. The molecule has 2 aliphatic rings. The number of carboxylic acids is 1. The highest BCUT2D eigenvalue weighted by molar-refractivity contribution is 6.30. The SMILES string of the molecule is CC(C)[C@@]1(c2cccc(Cl)c2)C[C@@]12C(=O)N(Cc1cccc(C(=O)O)c1)c1ccccc12. The summed E-state index contributed by atoms with van der Waals surface area (Å²) in [6.07, 6.45) is 0.736. The molecule has 0 aromatic heterocycles. The van der Waals surface area contributed by atoms with Crippen LogP contribution in [0, 0.1) is 5.92 Å². The molecule has 1 amide bonds. The number of rotatable bonds is 5. The van der Waals surface area contributed by atoms with Gasteiger partial charge in [0, 0.05) is 16.1 Å². The van der Waals surface area contributed by atoms with Crippen LogP contribution in [0.3, 0.4) is 0 Å². The molecule has 1 heterocycles. The highest BCUT2D eigenvalue weighted by atomic mass is 35.5. The Hall–Kier alpha value is -3.11. The highest BCUT2D eigenvalue weighted by Gasteiger charge is 2.77. The smallest absolute Gasteiger partial charge is 0.335 e. The van der Waals surface area contributed by atoms with Crippen molar-refractivity contribution in [2.24, 2.45) is 5.92 Å². The van der Waals surface area contributed by atoms with Gasteiger partial charge in [-0.2, -0.15) is 0 Å². The minimum Gasteiger partial charge on any atom is -0.478 e. The van der Waals surface area contributed by atoms with Crippen LogP contribution in [-0.2, 0) is 22.2 Å². The third-order valence-electron chi connectivity index (χ3n) is 7.29. The van der Waals surface area contributed by atoms with E-state index in [0.29, 0.717) is 11.6 Å². The molecule has 32 heavy (non-hydrogen) atoms. The van der Waals surface area contributed by atoms with Crippen molar-refractivity contribution < 1.29 is 14.7 Å². The number of benzene rings is 3. The van der Waals surface area contributed by atoms with Gasteiger partial charge in [-0.25, -0.2) is 4.79 Å². The Morgan fingerprint density at radius 2 is 1.81 bits per heavy atom. The van der Waals surface area contributed by atoms with Crippen LogP contribution in [0.25, 0.3) is 0 Å².